The van der Waals surface area contributed by atoms with Crippen molar-refractivity contribution in [3.8, 4) is 0 Å². The number of hydrogen-bond donors (Lipinski definition) is 1. The van der Waals surface area contributed by atoms with E-state index in [0.29, 0.717) is 26.5 Å². The Hall–Kier alpha value is -1.91. The predicted octanol–water partition coefficient (Wildman–Crippen LogP) is 5.23. The summed E-state index contributed by atoms with van der Waals surface area (Å²) in [5.41, 5.74) is 1.16. The van der Waals surface area contributed by atoms with Crippen LogP contribution in [0.25, 0.3) is 10.1 Å². The maximum atomic E-state index is 13.3. The second kappa shape index (κ2) is 6.69. The number of nitrogens with one attached hydrogen (secondary N) is 1. The second-order valence-corrected chi connectivity index (χ2v) is 6.84. The average Bonchev–Trinajstić information content (AvgIpc) is 2.89. The van der Waals surface area contributed by atoms with Crippen LogP contribution >= 0.6 is 22.9 Å². The van der Waals surface area contributed by atoms with E-state index in [1.165, 1.54) is 23.5 Å². The van der Waals surface area contributed by atoms with Gasteiger partial charge < -0.3 is 5.32 Å². The molecule has 0 radical (unpaired) electrons. The highest BCUT2D eigenvalue weighted by Crippen LogP contribution is 2.35. The molecule has 23 heavy (non-hydrogen) atoms. The lowest BCUT2D eigenvalue weighted by atomic mass is 10.0. The quantitative estimate of drug-likeness (QED) is 0.688. The molecule has 1 N–H and O–H groups in total. The van der Waals surface area contributed by atoms with Gasteiger partial charge in [-0.3, -0.25) is 4.79 Å². The van der Waals surface area contributed by atoms with Crippen LogP contribution in [0.3, 0.4) is 0 Å². The molecule has 0 saturated carbocycles. The molecule has 0 fully saturated rings. The van der Waals surface area contributed by atoms with E-state index in [-0.39, 0.29) is 17.6 Å². The van der Waals surface area contributed by atoms with Crippen molar-refractivity contribution >= 4 is 38.9 Å². The number of thiophene rings is 1. The molecule has 5 heteroatoms. The van der Waals surface area contributed by atoms with Crippen LogP contribution in [0.1, 0.15) is 28.1 Å². The summed E-state index contributed by atoms with van der Waals surface area (Å²) in [6, 6.07) is 14.3. The fraction of sp³-hybridized carbons (Fsp3) is 0.167. The standard InChI is InChI=1S/C18H15ClFNOS/c1-11(12-5-3-2-4-6-12)10-21-18(22)17-16(19)14-8-7-13(20)9-15(14)23-17/h2-9,11H,10H2,1H3,(H,21,22)/t11-/m1/s1. The zero-order valence-electron chi connectivity index (χ0n) is 12.5. The Morgan fingerprint density at radius 3 is 2.74 bits per heavy atom. The van der Waals surface area contributed by atoms with E-state index in [0.717, 1.165) is 5.56 Å². The topological polar surface area (TPSA) is 29.1 Å². The molecule has 0 bridgehead atoms. The van der Waals surface area contributed by atoms with E-state index in [2.05, 4.69) is 12.2 Å². The third-order valence-electron chi connectivity index (χ3n) is 3.74. The summed E-state index contributed by atoms with van der Waals surface area (Å²) in [6.45, 7) is 2.57. The fourth-order valence-corrected chi connectivity index (χ4v) is 3.87. The number of halogens is 2. The summed E-state index contributed by atoms with van der Waals surface area (Å²) < 4.78 is 14.0. The zero-order valence-corrected chi connectivity index (χ0v) is 14.0. The minimum absolute atomic E-state index is 0.200. The minimum Gasteiger partial charge on any atom is -0.351 e. The van der Waals surface area contributed by atoms with Crippen LogP contribution in [-0.4, -0.2) is 12.5 Å². The molecule has 0 aliphatic rings. The summed E-state index contributed by atoms with van der Waals surface area (Å²) >= 11 is 7.47. The van der Waals surface area contributed by atoms with Crippen LogP contribution in [0.15, 0.2) is 48.5 Å². The monoisotopic (exact) mass is 347 g/mol. The molecule has 0 spiro atoms. The lowest BCUT2D eigenvalue weighted by molar-refractivity contribution is 0.0956. The molecular formula is C18H15ClFNOS. The maximum absolute atomic E-state index is 13.3. The SMILES string of the molecule is C[C@H](CNC(=O)c1sc2cc(F)ccc2c1Cl)c1ccccc1. The fourth-order valence-electron chi connectivity index (χ4n) is 2.41. The molecule has 118 valence electrons. The molecule has 3 aromatic rings. The van der Waals surface area contributed by atoms with Crippen LogP contribution in [0.5, 0.6) is 0 Å². The number of fused-ring (bicyclic) bond motifs is 1. The van der Waals surface area contributed by atoms with Gasteiger partial charge in [0.2, 0.25) is 0 Å². The normalized spacial score (nSPS) is 12.3. The first kappa shape index (κ1) is 16.0. The van der Waals surface area contributed by atoms with Gasteiger partial charge in [0.25, 0.3) is 5.91 Å². The number of amides is 1. The number of carbonyl (C=O) groups excluding carboxylic acids is 1. The van der Waals surface area contributed by atoms with Gasteiger partial charge in [0.15, 0.2) is 0 Å². The predicted molar refractivity (Wildman–Crippen MR) is 94.0 cm³/mol. The first-order valence-electron chi connectivity index (χ1n) is 7.27. The highest BCUT2D eigenvalue weighted by molar-refractivity contribution is 7.21. The van der Waals surface area contributed by atoms with Gasteiger partial charge in [0.1, 0.15) is 10.7 Å². The maximum Gasteiger partial charge on any atom is 0.262 e. The molecule has 2 nitrogen and oxygen atoms in total. The molecular weight excluding hydrogens is 333 g/mol. The third-order valence-corrected chi connectivity index (χ3v) is 5.39. The van der Waals surface area contributed by atoms with Gasteiger partial charge in [-0.25, -0.2) is 4.39 Å². The number of benzene rings is 2. The Kier molecular flexibility index (Phi) is 4.64. The van der Waals surface area contributed by atoms with Gasteiger partial charge in [-0.15, -0.1) is 11.3 Å². The van der Waals surface area contributed by atoms with Crippen LogP contribution in [0.4, 0.5) is 4.39 Å². The van der Waals surface area contributed by atoms with Crippen molar-refractivity contribution in [1.82, 2.24) is 5.32 Å². The van der Waals surface area contributed by atoms with Crippen molar-refractivity contribution in [3.63, 3.8) is 0 Å². The summed E-state index contributed by atoms with van der Waals surface area (Å²) in [4.78, 5) is 12.8. The van der Waals surface area contributed by atoms with Gasteiger partial charge in [-0.1, -0.05) is 48.9 Å². The molecule has 1 amide bonds. The van der Waals surface area contributed by atoms with Crippen LogP contribution in [0, 0.1) is 5.82 Å². The number of carbonyl (C=O) groups is 1. The van der Waals surface area contributed by atoms with E-state index >= 15 is 0 Å². The summed E-state index contributed by atoms with van der Waals surface area (Å²) in [7, 11) is 0. The van der Waals surface area contributed by atoms with Crippen molar-refractivity contribution in [1.29, 1.82) is 0 Å². The molecule has 0 saturated heterocycles. The first-order valence-corrected chi connectivity index (χ1v) is 8.46. The van der Waals surface area contributed by atoms with Crippen LogP contribution in [0.2, 0.25) is 5.02 Å². The molecule has 0 unspecified atom stereocenters. The lowest BCUT2D eigenvalue weighted by Gasteiger charge is -2.12. The molecule has 1 aromatic heterocycles. The zero-order chi connectivity index (χ0) is 16.4. The molecule has 0 aliphatic carbocycles. The van der Waals surface area contributed by atoms with E-state index < -0.39 is 0 Å². The Morgan fingerprint density at radius 2 is 2.00 bits per heavy atom. The summed E-state index contributed by atoms with van der Waals surface area (Å²) in [5.74, 6) is -0.356. The van der Waals surface area contributed by atoms with Crippen molar-refractivity contribution in [3.05, 3.63) is 69.8 Å². The van der Waals surface area contributed by atoms with Crippen molar-refractivity contribution in [2.45, 2.75) is 12.8 Å². The highest BCUT2D eigenvalue weighted by atomic mass is 35.5. The van der Waals surface area contributed by atoms with Gasteiger partial charge in [-0.2, -0.15) is 0 Å². The minimum atomic E-state index is -0.333. The van der Waals surface area contributed by atoms with Gasteiger partial charge >= 0.3 is 0 Å². The van der Waals surface area contributed by atoms with E-state index in [1.54, 1.807) is 6.07 Å². The van der Waals surface area contributed by atoms with Crippen molar-refractivity contribution < 1.29 is 9.18 Å². The van der Waals surface area contributed by atoms with Gasteiger partial charge in [0, 0.05) is 16.6 Å². The largest absolute Gasteiger partial charge is 0.351 e. The summed E-state index contributed by atoms with van der Waals surface area (Å²) in [6.07, 6.45) is 0. The molecule has 2 aromatic carbocycles. The van der Waals surface area contributed by atoms with E-state index in [1.807, 2.05) is 30.3 Å². The molecule has 1 atom stereocenters. The Morgan fingerprint density at radius 1 is 1.26 bits per heavy atom. The Labute approximate surface area is 142 Å². The van der Waals surface area contributed by atoms with Crippen LogP contribution in [-0.2, 0) is 0 Å². The van der Waals surface area contributed by atoms with Crippen LogP contribution < -0.4 is 5.32 Å². The Balaban J connectivity index is 1.75. The first-order chi connectivity index (χ1) is 11.1. The van der Waals surface area contributed by atoms with Crippen molar-refractivity contribution in [2.24, 2.45) is 0 Å². The molecule has 3 rings (SSSR count). The van der Waals surface area contributed by atoms with Gasteiger partial charge in [0.05, 0.1) is 5.02 Å². The van der Waals surface area contributed by atoms with E-state index in [9.17, 15) is 9.18 Å². The summed E-state index contributed by atoms with van der Waals surface area (Å²) in [5, 5.41) is 4.00. The lowest BCUT2D eigenvalue weighted by Crippen LogP contribution is -2.27. The Bertz CT molecular complexity index is 847. The average molecular weight is 348 g/mol. The van der Waals surface area contributed by atoms with Gasteiger partial charge in [-0.05, 0) is 29.7 Å². The number of rotatable bonds is 4. The van der Waals surface area contributed by atoms with E-state index in [4.69, 9.17) is 11.6 Å². The molecule has 0 aliphatic heterocycles. The second-order valence-electron chi connectivity index (χ2n) is 5.41. The van der Waals surface area contributed by atoms with Crippen molar-refractivity contribution in [2.75, 3.05) is 6.54 Å². The highest BCUT2D eigenvalue weighted by Gasteiger charge is 2.18. The third kappa shape index (κ3) is 3.38. The number of hydrogen-bond acceptors (Lipinski definition) is 2. The molecule has 1 heterocycles. The smallest absolute Gasteiger partial charge is 0.262 e.